The highest BCUT2D eigenvalue weighted by atomic mass is 16.5. The number of para-hydroxylation sites is 1. The van der Waals surface area contributed by atoms with E-state index in [0.29, 0.717) is 18.7 Å². The lowest BCUT2D eigenvalue weighted by molar-refractivity contribution is -0.121. The Morgan fingerprint density at radius 2 is 2.00 bits per heavy atom. The van der Waals surface area contributed by atoms with Gasteiger partial charge in [-0.1, -0.05) is 24.3 Å². The summed E-state index contributed by atoms with van der Waals surface area (Å²) >= 11 is 0. The molecule has 2 aromatic carbocycles. The standard InChI is InChI=1S/C21H22N2O3/c1-15-8-9-19-18(13-15)23(21(25)14-26-19)12-10-20(24)22-11-4-6-16-5-2-3-7-17(16)22/h2-3,5,7-9,13H,4,6,10-12,14H2,1H3. The quantitative estimate of drug-likeness (QED) is 0.855. The zero-order valence-electron chi connectivity index (χ0n) is 14.9. The van der Waals surface area contributed by atoms with Crippen molar-refractivity contribution in [1.82, 2.24) is 0 Å². The topological polar surface area (TPSA) is 49.9 Å². The molecular formula is C21H22N2O3. The van der Waals surface area contributed by atoms with Crippen molar-refractivity contribution in [2.75, 3.05) is 29.5 Å². The minimum Gasteiger partial charge on any atom is -0.482 e. The number of rotatable bonds is 3. The fourth-order valence-corrected chi connectivity index (χ4v) is 3.69. The molecule has 5 heteroatoms. The first-order valence-electron chi connectivity index (χ1n) is 9.05. The molecule has 0 N–H and O–H groups in total. The van der Waals surface area contributed by atoms with E-state index in [0.717, 1.165) is 36.3 Å². The summed E-state index contributed by atoms with van der Waals surface area (Å²) in [6, 6.07) is 13.8. The molecule has 0 fully saturated rings. The molecule has 0 radical (unpaired) electrons. The van der Waals surface area contributed by atoms with E-state index in [1.54, 1.807) is 4.90 Å². The van der Waals surface area contributed by atoms with Crippen LogP contribution in [0.3, 0.4) is 0 Å². The number of nitrogens with zero attached hydrogens (tertiary/aromatic N) is 2. The number of carbonyl (C=O) groups is 2. The van der Waals surface area contributed by atoms with E-state index >= 15 is 0 Å². The highest BCUT2D eigenvalue weighted by molar-refractivity contribution is 6.00. The highest BCUT2D eigenvalue weighted by Gasteiger charge is 2.28. The van der Waals surface area contributed by atoms with E-state index in [9.17, 15) is 9.59 Å². The van der Waals surface area contributed by atoms with Gasteiger partial charge in [0.1, 0.15) is 5.75 Å². The molecule has 0 aliphatic carbocycles. The van der Waals surface area contributed by atoms with Crippen molar-refractivity contribution >= 4 is 23.2 Å². The molecular weight excluding hydrogens is 328 g/mol. The van der Waals surface area contributed by atoms with Crippen LogP contribution in [0, 0.1) is 6.92 Å². The molecule has 2 heterocycles. The van der Waals surface area contributed by atoms with Crippen molar-refractivity contribution in [1.29, 1.82) is 0 Å². The minimum atomic E-state index is -0.102. The molecule has 2 aliphatic rings. The van der Waals surface area contributed by atoms with Crippen molar-refractivity contribution in [3.63, 3.8) is 0 Å². The summed E-state index contributed by atoms with van der Waals surface area (Å²) in [7, 11) is 0. The van der Waals surface area contributed by atoms with Crippen molar-refractivity contribution in [3.8, 4) is 5.75 Å². The van der Waals surface area contributed by atoms with Crippen LogP contribution in [0.15, 0.2) is 42.5 Å². The van der Waals surface area contributed by atoms with Crippen LogP contribution in [-0.2, 0) is 16.0 Å². The van der Waals surface area contributed by atoms with Gasteiger partial charge in [-0.25, -0.2) is 0 Å². The molecule has 2 amide bonds. The van der Waals surface area contributed by atoms with Gasteiger partial charge in [-0.05, 0) is 49.1 Å². The fourth-order valence-electron chi connectivity index (χ4n) is 3.69. The second-order valence-corrected chi connectivity index (χ2v) is 6.83. The maximum atomic E-state index is 12.8. The zero-order valence-corrected chi connectivity index (χ0v) is 14.9. The number of ether oxygens (including phenoxy) is 1. The number of carbonyl (C=O) groups excluding carboxylic acids is 2. The van der Waals surface area contributed by atoms with Crippen LogP contribution in [0.5, 0.6) is 5.75 Å². The maximum Gasteiger partial charge on any atom is 0.265 e. The molecule has 0 spiro atoms. The monoisotopic (exact) mass is 350 g/mol. The first-order chi connectivity index (χ1) is 12.6. The van der Waals surface area contributed by atoms with Gasteiger partial charge >= 0.3 is 0 Å². The van der Waals surface area contributed by atoms with E-state index in [2.05, 4.69) is 6.07 Å². The van der Waals surface area contributed by atoms with Crippen molar-refractivity contribution in [2.45, 2.75) is 26.2 Å². The smallest absolute Gasteiger partial charge is 0.265 e. The molecule has 5 nitrogen and oxygen atoms in total. The second-order valence-electron chi connectivity index (χ2n) is 6.83. The number of aryl methyl sites for hydroxylation is 2. The number of fused-ring (bicyclic) bond motifs is 2. The summed E-state index contributed by atoms with van der Waals surface area (Å²) in [5.74, 6) is 0.659. The molecule has 4 rings (SSSR count). The zero-order chi connectivity index (χ0) is 18.1. The van der Waals surface area contributed by atoms with Gasteiger partial charge < -0.3 is 14.5 Å². The molecule has 0 aromatic heterocycles. The third-order valence-corrected chi connectivity index (χ3v) is 5.02. The van der Waals surface area contributed by atoms with Gasteiger partial charge in [0.25, 0.3) is 5.91 Å². The molecule has 0 saturated heterocycles. The van der Waals surface area contributed by atoms with Gasteiger partial charge in [-0.2, -0.15) is 0 Å². The Balaban J connectivity index is 1.51. The largest absolute Gasteiger partial charge is 0.482 e. The number of anilines is 2. The Morgan fingerprint density at radius 1 is 1.15 bits per heavy atom. The Bertz CT molecular complexity index is 862. The van der Waals surface area contributed by atoms with E-state index < -0.39 is 0 Å². The minimum absolute atomic E-state index is 0.0246. The second kappa shape index (κ2) is 6.83. The number of amides is 2. The van der Waals surface area contributed by atoms with Crippen molar-refractivity contribution < 1.29 is 14.3 Å². The molecule has 0 atom stereocenters. The maximum absolute atomic E-state index is 12.8. The Morgan fingerprint density at radius 3 is 2.88 bits per heavy atom. The molecule has 2 aromatic rings. The molecule has 26 heavy (non-hydrogen) atoms. The predicted molar refractivity (Wildman–Crippen MR) is 101 cm³/mol. The average Bonchev–Trinajstić information content (AvgIpc) is 2.66. The van der Waals surface area contributed by atoms with E-state index in [4.69, 9.17) is 4.74 Å². The van der Waals surface area contributed by atoms with Gasteiger partial charge in [-0.3, -0.25) is 9.59 Å². The summed E-state index contributed by atoms with van der Waals surface area (Å²) in [4.78, 5) is 28.7. The Hall–Kier alpha value is -2.82. The predicted octanol–water partition coefficient (Wildman–Crippen LogP) is 3.09. The molecule has 134 valence electrons. The Labute approximate surface area is 153 Å². The molecule has 0 bridgehead atoms. The Kier molecular flexibility index (Phi) is 4.37. The first kappa shape index (κ1) is 16.6. The van der Waals surface area contributed by atoms with Crippen LogP contribution in [0.2, 0.25) is 0 Å². The third-order valence-electron chi connectivity index (χ3n) is 5.02. The van der Waals surface area contributed by atoms with Gasteiger partial charge in [0, 0.05) is 25.2 Å². The lowest BCUT2D eigenvalue weighted by Crippen LogP contribution is -2.42. The van der Waals surface area contributed by atoms with Crippen LogP contribution in [0.4, 0.5) is 11.4 Å². The SMILES string of the molecule is Cc1ccc2c(c1)N(CCC(=O)N1CCCc3ccccc31)C(=O)CO2. The van der Waals surface area contributed by atoms with Crippen LogP contribution in [0.1, 0.15) is 24.0 Å². The van der Waals surface area contributed by atoms with Crippen molar-refractivity contribution in [2.24, 2.45) is 0 Å². The highest BCUT2D eigenvalue weighted by Crippen LogP contribution is 2.33. The van der Waals surface area contributed by atoms with E-state index in [-0.39, 0.29) is 18.4 Å². The first-order valence-corrected chi connectivity index (χ1v) is 9.05. The summed E-state index contributed by atoms with van der Waals surface area (Å²) in [5, 5.41) is 0. The third kappa shape index (κ3) is 3.05. The average molecular weight is 350 g/mol. The van der Waals surface area contributed by atoms with Crippen LogP contribution in [0.25, 0.3) is 0 Å². The normalized spacial score (nSPS) is 16.0. The molecule has 0 unspecified atom stereocenters. The van der Waals surface area contributed by atoms with Crippen LogP contribution < -0.4 is 14.5 Å². The summed E-state index contributed by atoms with van der Waals surface area (Å²) in [6.07, 6.45) is 2.28. The summed E-state index contributed by atoms with van der Waals surface area (Å²) in [6.45, 7) is 3.11. The van der Waals surface area contributed by atoms with E-state index in [1.807, 2.05) is 48.2 Å². The molecule has 0 saturated carbocycles. The number of benzene rings is 2. The van der Waals surface area contributed by atoms with Gasteiger partial charge in [0.2, 0.25) is 5.91 Å². The number of hydrogen-bond donors (Lipinski definition) is 0. The van der Waals surface area contributed by atoms with Crippen molar-refractivity contribution in [3.05, 3.63) is 53.6 Å². The lowest BCUT2D eigenvalue weighted by atomic mass is 10.0. The summed E-state index contributed by atoms with van der Waals surface area (Å²) in [5.41, 5.74) is 4.04. The van der Waals surface area contributed by atoms with Crippen LogP contribution in [-0.4, -0.2) is 31.5 Å². The molecule has 2 aliphatic heterocycles. The van der Waals surface area contributed by atoms with Gasteiger partial charge in [0.05, 0.1) is 5.69 Å². The lowest BCUT2D eigenvalue weighted by Gasteiger charge is -2.32. The summed E-state index contributed by atoms with van der Waals surface area (Å²) < 4.78 is 5.50. The fraction of sp³-hybridized carbons (Fsp3) is 0.333. The van der Waals surface area contributed by atoms with E-state index in [1.165, 1.54) is 5.56 Å². The van der Waals surface area contributed by atoms with Gasteiger partial charge in [0.15, 0.2) is 6.61 Å². The van der Waals surface area contributed by atoms with Crippen LogP contribution >= 0.6 is 0 Å². The van der Waals surface area contributed by atoms with Gasteiger partial charge in [-0.15, -0.1) is 0 Å². The number of hydrogen-bond acceptors (Lipinski definition) is 3.